The van der Waals surface area contributed by atoms with Crippen LogP contribution in [0.15, 0.2) is 17.9 Å². The van der Waals surface area contributed by atoms with E-state index in [-0.39, 0.29) is 0 Å². The number of anilines is 1. The van der Waals surface area contributed by atoms with Gasteiger partial charge < -0.3 is 4.90 Å². The molecule has 3 heterocycles. The van der Waals surface area contributed by atoms with Crippen LogP contribution in [0, 0.1) is 11.3 Å². The summed E-state index contributed by atoms with van der Waals surface area (Å²) in [5, 5.41) is 21.8. The maximum Gasteiger partial charge on any atom is 0.208 e. The molecule has 0 N–H and O–H groups in total. The number of rotatable bonds is 2. The van der Waals surface area contributed by atoms with E-state index in [1.165, 1.54) is 0 Å². The Kier molecular flexibility index (Phi) is 2.49. The third-order valence-corrected chi connectivity index (χ3v) is 3.64. The van der Waals surface area contributed by atoms with Gasteiger partial charge in [0.05, 0.1) is 17.8 Å². The van der Waals surface area contributed by atoms with Crippen LogP contribution in [0.2, 0.25) is 0 Å². The van der Waals surface area contributed by atoms with Crippen LogP contribution in [0.5, 0.6) is 0 Å². The molecule has 2 aromatic rings. The first-order valence-electron chi connectivity index (χ1n) is 5.32. The van der Waals surface area contributed by atoms with Crippen LogP contribution in [-0.4, -0.2) is 33.1 Å². The Morgan fingerprint density at radius 3 is 3.18 bits per heavy atom. The highest BCUT2D eigenvalue weighted by Crippen LogP contribution is 2.27. The molecule has 7 heteroatoms. The van der Waals surface area contributed by atoms with Crippen molar-refractivity contribution in [3.05, 3.63) is 23.5 Å². The zero-order valence-corrected chi connectivity index (χ0v) is 9.84. The molecule has 1 aliphatic rings. The lowest BCUT2D eigenvalue weighted by Gasteiger charge is -2.14. The van der Waals surface area contributed by atoms with E-state index in [1.807, 2.05) is 4.68 Å². The zero-order valence-electron chi connectivity index (χ0n) is 9.02. The summed E-state index contributed by atoms with van der Waals surface area (Å²) < 4.78 is 1.87. The molecule has 1 saturated heterocycles. The third-order valence-electron chi connectivity index (χ3n) is 2.89. The zero-order chi connectivity index (χ0) is 11.7. The first-order chi connectivity index (χ1) is 8.36. The Labute approximate surface area is 102 Å². The molecule has 6 nitrogen and oxygen atoms in total. The molecule has 1 aliphatic heterocycles. The number of nitrogens with zero attached hydrogens (tertiary/aromatic N) is 6. The Morgan fingerprint density at radius 1 is 1.53 bits per heavy atom. The van der Waals surface area contributed by atoms with Gasteiger partial charge in [-0.25, -0.2) is 0 Å². The van der Waals surface area contributed by atoms with Crippen molar-refractivity contribution in [1.82, 2.24) is 20.0 Å². The second-order valence-corrected chi connectivity index (χ2v) is 4.74. The molecule has 0 radical (unpaired) electrons. The van der Waals surface area contributed by atoms with Gasteiger partial charge in [0.1, 0.15) is 11.6 Å². The molecular weight excluding hydrogens is 236 g/mol. The van der Waals surface area contributed by atoms with Crippen LogP contribution in [0.4, 0.5) is 5.13 Å². The summed E-state index contributed by atoms with van der Waals surface area (Å²) in [4.78, 5) is 2.20. The summed E-state index contributed by atoms with van der Waals surface area (Å²) >= 11 is 1.55. The van der Waals surface area contributed by atoms with Gasteiger partial charge in [0.25, 0.3) is 0 Å². The smallest absolute Gasteiger partial charge is 0.208 e. The van der Waals surface area contributed by atoms with Crippen molar-refractivity contribution in [2.24, 2.45) is 0 Å². The fourth-order valence-corrected chi connectivity index (χ4v) is 2.63. The van der Waals surface area contributed by atoms with Gasteiger partial charge in [0.2, 0.25) is 5.13 Å². The third kappa shape index (κ3) is 1.87. The van der Waals surface area contributed by atoms with Crippen LogP contribution in [-0.2, 0) is 0 Å². The Balaban J connectivity index is 1.74. The lowest BCUT2D eigenvalue weighted by molar-refractivity contribution is 0.494. The molecular formula is C10H10N6S. The minimum Gasteiger partial charge on any atom is -0.344 e. The van der Waals surface area contributed by atoms with E-state index >= 15 is 0 Å². The Hall–Kier alpha value is -1.94. The molecule has 0 saturated carbocycles. The van der Waals surface area contributed by atoms with Gasteiger partial charge in [-0.15, -0.1) is 10.2 Å². The largest absolute Gasteiger partial charge is 0.344 e. The summed E-state index contributed by atoms with van der Waals surface area (Å²) in [6.45, 7) is 1.84. The molecule has 0 bridgehead atoms. The molecule has 0 aromatic carbocycles. The Bertz CT molecular complexity index is 539. The molecule has 1 fully saturated rings. The van der Waals surface area contributed by atoms with E-state index < -0.39 is 0 Å². The minimum atomic E-state index is 0.320. The summed E-state index contributed by atoms with van der Waals surface area (Å²) in [7, 11) is 0. The second-order valence-electron chi connectivity index (χ2n) is 3.93. The number of hydrogen-bond donors (Lipinski definition) is 0. The second kappa shape index (κ2) is 4.14. The first kappa shape index (κ1) is 10.2. The van der Waals surface area contributed by atoms with Crippen LogP contribution in [0.3, 0.4) is 0 Å². The molecule has 0 amide bonds. The lowest BCUT2D eigenvalue weighted by Crippen LogP contribution is -2.20. The van der Waals surface area contributed by atoms with Crippen molar-refractivity contribution in [3.63, 3.8) is 0 Å². The number of aromatic nitrogens is 4. The van der Waals surface area contributed by atoms with Gasteiger partial charge in [-0.2, -0.15) is 10.4 Å². The van der Waals surface area contributed by atoms with E-state index in [1.54, 1.807) is 29.2 Å². The molecule has 0 aliphatic carbocycles. The van der Waals surface area contributed by atoms with Crippen molar-refractivity contribution in [2.75, 3.05) is 18.0 Å². The SMILES string of the molecule is N#Cc1cnn(C2CCN(c3nncs3)C2)c1. The van der Waals surface area contributed by atoms with Gasteiger partial charge in [-0.1, -0.05) is 11.3 Å². The Morgan fingerprint density at radius 2 is 2.47 bits per heavy atom. The summed E-state index contributed by atoms with van der Waals surface area (Å²) in [6, 6.07) is 2.41. The van der Waals surface area contributed by atoms with Crippen molar-refractivity contribution in [1.29, 1.82) is 5.26 Å². The van der Waals surface area contributed by atoms with E-state index in [2.05, 4.69) is 26.3 Å². The summed E-state index contributed by atoms with van der Waals surface area (Å²) in [5.74, 6) is 0. The number of nitriles is 1. The quantitative estimate of drug-likeness (QED) is 0.792. The van der Waals surface area contributed by atoms with Gasteiger partial charge in [0.15, 0.2) is 0 Å². The highest BCUT2D eigenvalue weighted by Gasteiger charge is 2.26. The molecule has 1 atom stereocenters. The topological polar surface area (TPSA) is 70.6 Å². The molecule has 17 heavy (non-hydrogen) atoms. The predicted octanol–water partition coefficient (Wildman–Crippen LogP) is 1.06. The van der Waals surface area contributed by atoms with Crippen LogP contribution >= 0.6 is 11.3 Å². The highest BCUT2D eigenvalue weighted by molar-refractivity contribution is 7.13. The van der Waals surface area contributed by atoms with Crippen LogP contribution in [0.25, 0.3) is 0 Å². The highest BCUT2D eigenvalue weighted by atomic mass is 32.1. The summed E-state index contributed by atoms with van der Waals surface area (Å²) in [5.41, 5.74) is 2.35. The van der Waals surface area contributed by atoms with Crippen molar-refractivity contribution >= 4 is 16.5 Å². The van der Waals surface area contributed by atoms with Crippen molar-refractivity contribution in [2.45, 2.75) is 12.5 Å². The predicted molar refractivity (Wildman–Crippen MR) is 62.7 cm³/mol. The van der Waals surface area contributed by atoms with E-state index in [0.717, 1.165) is 24.6 Å². The van der Waals surface area contributed by atoms with Crippen LogP contribution in [0.1, 0.15) is 18.0 Å². The van der Waals surface area contributed by atoms with E-state index in [0.29, 0.717) is 11.6 Å². The van der Waals surface area contributed by atoms with Gasteiger partial charge in [-0.05, 0) is 6.42 Å². The van der Waals surface area contributed by atoms with Crippen molar-refractivity contribution < 1.29 is 0 Å². The molecule has 2 aromatic heterocycles. The molecule has 1 unspecified atom stereocenters. The van der Waals surface area contributed by atoms with Crippen molar-refractivity contribution in [3.8, 4) is 6.07 Å². The van der Waals surface area contributed by atoms with Gasteiger partial charge in [-0.3, -0.25) is 4.68 Å². The fraction of sp³-hybridized carbons (Fsp3) is 0.400. The maximum absolute atomic E-state index is 8.77. The summed E-state index contributed by atoms with van der Waals surface area (Å²) in [6.07, 6.45) is 4.42. The maximum atomic E-state index is 8.77. The monoisotopic (exact) mass is 246 g/mol. The molecule has 3 rings (SSSR count). The average Bonchev–Trinajstić information content (AvgIpc) is 3.09. The van der Waals surface area contributed by atoms with Gasteiger partial charge in [0, 0.05) is 19.3 Å². The molecule has 86 valence electrons. The molecule has 0 spiro atoms. The minimum absolute atomic E-state index is 0.320. The van der Waals surface area contributed by atoms with E-state index in [9.17, 15) is 0 Å². The van der Waals surface area contributed by atoms with Crippen LogP contribution < -0.4 is 4.90 Å². The fourth-order valence-electron chi connectivity index (χ4n) is 2.03. The van der Waals surface area contributed by atoms with E-state index in [4.69, 9.17) is 5.26 Å². The lowest BCUT2D eigenvalue weighted by atomic mass is 10.3. The number of hydrogen-bond acceptors (Lipinski definition) is 6. The average molecular weight is 246 g/mol. The standard InChI is InChI=1S/C10H10N6S/c11-3-8-4-13-16(5-8)9-1-2-15(6-9)10-14-12-7-17-10/h4-5,7,9H,1-2,6H2. The van der Waals surface area contributed by atoms with Gasteiger partial charge >= 0.3 is 0 Å². The first-order valence-corrected chi connectivity index (χ1v) is 6.20. The normalized spacial score (nSPS) is 19.5.